The SMILES string of the molecule is CCOC(=O)c1[nH]c(C)c(C(=O)OCc2nnc(-c3cccc(C)c3)o2)c1C. The van der Waals surface area contributed by atoms with Crippen molar-refractivity contribution in [3.8, 4) is 11.5 Å². The van der Waals surface area contributed by atoms with Crippen LogP contribution in [0.3, 0.4) is 0 Å². The Bertz CT molecular complexity index is 1020. The Kier molecular flexibility index (Phi) is 5.58. The highest BCUT2D eigenvalue weighted by Gasteiger charge is 2.24. The molecule has 1 N–H and O–H groups in total. The molecule has 8 heteroatoms. The zero-order valence-electron chi connectivity index (χ0n) is 16.2. The van der Waals surface area contributed by atoms with Gasteiger partial charge >= 0.3 is 11.9 Å². The molecule has 3 aromatic rings. The van der Waals surface area contributed by atoms with Crippen molar-refractivity contribution in [1.82, 2.24) is 15.2 Å². The quantitative estimate of drug-likeness (QED) is 0.649. The van der Waals surface area contributed by atoms with Gasteiger partial charge in [0.05, 0.1) is 12.2 Å². The number of hydrogen-bond donors (Lipinski definition) is 1. The molecule has 2 heterocycles. The van der Waals surface area contributed by atoms with Gasteiger partial charge in [0, 0.05) is 11.3 Å². The lowest BCUT2D eigenvalue weighted by atomic mass is 10.1. The summed E-state index contributed by atoms with van der Waals surface area (Å²) in [6.45, 7) is 7.11. The van der Waals surface area contributed by atoms with Crippen LogP contribution in [0.25, 0.3) is 11.5 Å². The minimum absolute atomic E-state index is 0.170. The van der Waals surface area contributed by atoms with E-state index in [9.17, 15) is 9.59 Å². The van der Waals surface area contributed by atoms with E-state index in [1.165, 1.54) is 0 Å². The summed E-state index contributed by atoms with van der Waals surface area (Å²) in [7, 11) is 0. The Morgan fingerprint density at radius 1 is 1.11 bits per heavy atom. The summed E-state index contributed by atoms with van der Waals surface area (Å²) in [6, 6.07) is 7.65. The maximum Gasteiger partial charge on any atom is 0.355 e. The molecule has 0 aliphatic heterocycles. The Morgan fingerprint density at radius 2 is 1.89 bits per heavy atom. The number of nitrogens with one attached hydrogen (secondary N) is 1. The van der Waals surface area contributed by atoms with Gasteiger partial charge in [-0.2, -0.15) is 0 Å². The van der Waals surface area contributed by atoms with Crippen molar-refractivity contribution in [2.45, 2.75) is 34.3 Å². The van der Waals surface area contributed by atoms with E-state index < -0.39 is 11.9 Å². The molecular formula is C20H21N3O5. The number of carbonyl (C=O) groups is 2. The van der Waals surface area contributed by atoms with E-state index in [2.05, 4.69) is 15.2 Å². The normalized spacial score (nSPS) is 10.7. The Hall–Kier alpha value is -3.42. The summed E-state index contributed by atoms with van der Waals surface area (Å²) in [5.41, 5.74) is 3.40. The smallest absolute Gasteiger partial charge is 0.355 e. The van der Waals surface area contributed by atoms with Crippen LogP contribution in [0, 0.1) is 20.8 Å². The maximum atomic E-state index is 12.5. The summed E-state index contributed by atoms with van der Waals surface area (Å²) < 4.78 is 15.8. The van der Waals surface area contributed by atoms with Gasteiger partial charge in [-0.1, -0.05) is 17.7 Å². The fraction of sp³-hybridized carbons (Fsp3) is 0.300. The molecule has 0 saturated heterocycles. The molecule has 0 atom stereocenters. The molecule has 146 valence electrons. The first kappa shape index (κ1) is 19.3. The fourth-order valence-electron chi connectivity index (χ4n) is 2.87. The van der Waals surface area contributed by atoms with Crippen molar-refractivity contribution < 1.29 is 23.5 Å². The van der Waals surface area contributed by atoms with Crippen molar-refractivity contribution in [2.24, 2.45) is 0 Å². The Morgan fingerprint density at radius 3 is 2.61 bits per heavy atom. The molecule has 2 aromatic heterocycles. The first-order valence-corrected chi connectivity index (χ1v) is 8.83. The fourth-order valence-corrected chi connectivity index (χ4v) is 2.87. The van der Waals surface area contributed by atoms with Crippen LogP contribution in [0.5, 0.6) is 0 Å². The van der Waals surface area contributed by atoms with Crippen LogP contribution in [-0.2, 0) is 16.1 Å². The monoisotopic (exact) mass is 383 g/mol. The van der Waals surface area contributed by atoms with Crippen molar-refractivity contribution in [1.29, 1.82) is 0 Å². The summed E-state index contributed by atoms with van der Waals surface area (Å²) in [5, 5.41) is 7.90. The van der Waals surface area contributed by atoms with Gasteiger partial charge < -0.3 is 18.9 Å². The molecule has 0 radical (unpaired) electrons. The average Bonchev–Trinajstić information content (AvgIpc) is 3.24. The number of hydrogen-bond acceptors (Lipinski definition) is 7. The second-order valence-corrected chi connectivity index (χ2v) is 6.29. The summed E-state index contributed by atoms with van der Waals surface area (Å²) in [4.78, 5) is 27.3. The van der Waals surface area contributed by atoms with Gasteiger partial charge in [0.15, 0.2) is 6.61 Å². The van der Waals surface area contributed by atoms with Gasteiger partial charge in [-0.3, -0.25) is 0 Å². The number of aromatic amines is 1. The van der Waals surface area contributed by atoms with E-state index in [0.29, 0.717) is 22.7 Å². The summed E-state index contributed by atoms with van der Waals surface area (Å²) >= 11 is 0. The van der Waals surface area contributed by atoms with E-state index in [4.69, 9.17) is 13.9 Å². The number of esters is 2. The third-order valence-corrected chi connectivity index (χ3v) is 4.18. The largest absolute Gasteiger partial charge is 0.461 e. The highest BCUT2D eigenvalue weighted by atomic mass is 16.5. The zero-order valence-corrected chi connectivity index (χ0v) is 16.2. The first-order chi connectivity index (χ1) is 13.4. The lowest BCUT2D eigenvalue weighted by Gasteiger charge is -2.03. The van der Waals surface area contributed by atoms with Crippen LogP contribution < -0.4 is 0 Å². The molecular weight excluding hydrogens is 362 g/mol. The summed E-state index contributed by atoms with van der Waals surface area (Å²) in [5.74, 6) is -0.561. The lowest BCUT2D eigenvalue weighted by Crippen LogP contribution is -2.09. The molecule has 28 heavy (non-hydrogen) atoms. The highest BCUT2D eigenvalue weighted by molar-refractivity contribution is 5.98. The molecule has 0 unspecified atom stereocenters. The molecule has 0 aliphatic rings. The van der Waals surface area contributed by atoms with E-state index in [1.54, 1.807) is 20.8 Å². The van der Waals surface area contributed by atoms with E-state index in [1.807, 2.05) is 31.2 Å². The number of rotatable bonds is 6. The van der Waals surface area contributed by atoms with Crippen LogP contribution in [-0.4, -0.2) is 33.7 Å². The van der Waals surface area contributed by atoms with Crippen LogP contribution >= 0.6 is 0 Å². The standard InChI is InChI=1S/C20H21N3O5/c1-5-26-20(25)17-12(3)16(13(4)21-17)19(24)27-10-15-22-23-18(28-15)14-8-6-7-11(2)9-14/h6-9,21H,5,10H2,1-4H3. The molecule has 0 saturated carbocycles. The number of carbonyl (C=O) groups excluding carboxylic acids is 2. The number of benzene rings is 1. The molecule has 0 aliphatic carbocycles. The third kappa shape index (κ3) is 3.95. The molecule has 0 fully saturated rings. The van der Waals surface area contributed by atoms with Gasteiger partial charge in [0.1, 0.15) is 5.69 Å². The Labute approximate surface area is 161 Å². The predicted molar refractivity (Wildman–Crippen MR) is 99.8 cm³/mol. The lowest BCUT2D eigenvalue weighted by molar-refractivity contribution is 0.0437. The predicted octanol–water partition coefficient (Wildman–Crippen LogP) is 3.52. The topological polar surface area (TPSA) is 107 Å². The minimum Gasteiger partial charge on any atom is -0.461 e. The molecule has 0 spiro atoms. The van der Waals surface area contributed by atoms with Crippen molar-refractivity contribution in [3.05, 3.63) is 58.2 Å². The van der Waals surface area contributed by atoms with Crippen LogP contribution in [0.4, 0.5) is 0 Å². The number of aromatic nitrogens is 3. The Balaban J connectivity index is 1.71. The van der Waals surface area contributed by atoms with E-state index in [0.717, 1.165) is 11.1 Å². The third-order valence-electron chi connectivity index (χ3n) is 4.18. The molecule has 1 aromatic carbocycles. The molecule has 3 rings (SSSR count). The number of H-pyrrole nitrogens is 1. The van der Waals surface area contributed by atoms with E-state index >= 15 is 0 Å². The van der Waals surface area contributed by atoms with Crippen molar-refractivity contribution in [3.63, 3.8) is 0 Å². The summed E-state index contributed by atoms with van der Waals surface area (Å²) in [6.07, 6.45) is 0. The number of ether oxygens (including phenoxy) is 2. The second-order valence-electron chi connectivity index (χ2n) is 6.29. The van der Waals surface area contributed by atoms with Gasteiger partial charge in [-0.15, -0.1) is 10.2 Å². The minimum atomic E-state index is -0.586. The number of nitrogens with zero attached hydrogens (tertiary/aromatic N) is 2. The molecule has 0 bridgehead atoms. The number of aryl methyl sites for hydroxylation is 2. The second kappa shape index (κ2) is 8.08. The first-order valence-electron chi connectivity index (χ1n) is 8.83. The van der Waals surface area contributed by atoms with E-state index in [-0.39, 0.29) is 24.8 Å². The van der Waals surface area contributed by atoms with Crippen LogP contribution in [0.15, 0.2) is 28.7 Å². The van der Waals surface area contributed by atoms with Gasteiger partial charge in [-0.25, -0.2) is 9.59 Å². The molecule has 0 amide bonds. The zero-order chi connectivity index (χ0) is 20.3. The van der Waals surface area contributed by atoms with Gasteiger partial charge in [0.25, 0.3) is 5.89 Å². The highest BCUT2D eigenvalue weighted by Crippen LogP contribution is 2.22. The van der Waals surface area contributed by atoms with Crippen molar-refractivity contribution >= 4 is 11.9 Å². The van der Waals surface area contributed by atoms with Gasteiger partial charge in [0.2, 0.25) is 5.89 Å². The van der Waals surface area contributed by atoms with Gasteiger partial charge in [-0.05, 0) is 45.4 Å². The molecule has 8 nitrogen and oxygen atoms in total. The van der Waals surface area contributed by atoms with Crippen LogP contribution in [0.1, 0.15) is 50.5 Å². The average molecular weight is 383 g/mol. The van der Waals surface area contributed by atoms with Crippen LogP contribution in [0.2, 0.25) is 0 Å². The van der Waals surface area contributed by atoms with Crippen molar-refractivity contribution in [2.75, 3.05) is 6.61 Å². The maximum absolute atomic E-state index is 12.5.